The van der Waals surface area contributed by atoms with Crippen LogP contribution in [0.3, 0.4) is 0 Å². The summed E-state index contributed by atoms with van der Waals surface area (Å²) in [4.78, 5) is 40.3. The van der Waals surface area contributed by atoms with E-state index in [-0.39, 0.29) is 17.2 Å². The van der Waals surface area contributed by atoms with Crippen molar-refractivity contribution >= 4 is 29.4 Å². The molecule has 0 saturated carbocycles. The van der Waals surface area contributed by atoms with Crippen LogP contribution in [0.25, 0.3) is 0 Å². The molecule has 1 aromatic heterocycles. The Kier molecular flexibility index (Phi) is 7.45. The van der Waals surface area contributed by atoms with Crippen molar-refractivity contribution in [1.82, 2.24) is 19.8 Å². The summed E-state index contributed by atoms with van der Waals surface area (Å²) in [6.45, 7) is 12.6. The van der Waals surface area contributed by atoms with Gasteiger partial charge in [0.25, 0.3) is 5.91 Å². The highest BCUT2D eigenvalue weighted by Crippen LogP contribution is 2.29. The van der Waals surface area contributed by atoms with Gasteiger partial charge in [-0.15, -0.1) is 0 Å². The highest BCUT2D eigenvalue weighted by molar-refractivity contribution is 7.98. The molecule has 0 aliphatic carbocycles. The standard InChI is InChI=1S/C26H35N5O2S/c1-19(32)29-12-14-31(15-13-29)24(33)21-9-7-8-20(16-21)18-34-25-27-22(26(2,3)4)17-23(28-25)30-10-5-6-11-30/h7-9,16-17H,5-6,10-15,18H2,1-4H3. The zero-order valence-electron chi connectivity index (χ0n) is 20.7. The molecule has 2 saturated heterocycles. The third kappa shape index (κ3) is 5.90. The zero-order chi connectivity index (χ0) is 24.3. The Morgan fingerprint density at radius 1 is 0.941 bits per heavy atom. The van der Waals surface area contributed by atoms with Crippen LogP contribution in [0, 0.1) is 0 Å². The van der Waals surface area contributed by atoms with Crippen molar-refractivity contribution in [3.05, 3.63) is 47.2 Å². The Labute approximate surface area is 206 Å². The molecule has 0 atom stereocenters. The summed E-state index contributed by atoms with van der Waals surface area (Å²) in [7, 11) is 0. The molecule has 1 aromatic carbocycles. The van der Waals surface area contributed by atoms with E-state index in [1.54, 1.807) is 23.6 Å². The van der Waals surface area contributed by atoms with Gasteiger partial charge in [-0.2, -0.15) is 0 Å². The molecule has 2 aliphatic heterocycles. The lowest BCUT2D eigenvalue weighted by molar-refractivity contribution is -0.130. The highest BCUT2D eigenvalue weighted by atomic mass is 32.2. The molecule has 2 amide bonds. The van der Waals surface area contributed by atoms with Crippen LogP contribution in [0.2, 0.25) is 0 Å². The Bertz CT molecular complexity index is 1040. The van der Waals surface area contributed by atoms with Crippen LogP contribution in [0.5, 0.6) is 0 Å². The number of piperazine rings is 1. The molecule has 0 radical (unpaired) electrons. The summed E-state index contributed by atoms with van der Waals surface area (Å²) in [6, 6.07) is 9.97. The van der Waals surface area contributed by atoms with E-state index in [1.807, 2.05) is 29.2 Å². The molecule has 0 spiro atoms. The van der Waals surface area contributed by atoms with Crippen molar-refractivity contribution in [2.75, 3.05) is 44.2 Å². The van der Waals surface area contributed by atoms with Gasteiger partial charge in [0.15, 0.2) is 5.16 Å². The fourth-order valence-corrected chi connectivity index (χ4v) is 5.12. The third-order valence-corrected chi connectivity index (χ3v) is 7.36. The van der Waals surface area contributed by atoms with Gasteiger partial charge in [0.05, 0.1) is 5.69 Å². The fourth-order valence-electron chi connectivity index (χ4n) is 4.32. The second-order valence-corrected chi connectivity index (χ2v) is 11.1. The summed E-state index contributed by atoms with van der Waals surface area (Å²) < 4.78 is 0. The van der Waals surface area contributed by atoms with Crippen molar-refractivity contribution in [3.8, 4) is 0 Å². The summed E-state index contributed by atoms with van der Waals surface area (Å²) in [5.74, 6) is 1.81. The lowest BCUT2D eigenvalue weighted by Crippen LogP contribution is -2.50. The zero-order valence-corrected chi connectivity index (χ0v) is 21.5. The monoisotopic (exact) mass is 481 g/mol. The van der Waals surface area contributed by atoms with Crippen molar-refractivity contribution < 1.29 is 9.59 Å². The molecule has 8 heteroatoms. The number of anilines is 1. The molecule has 3 heterocycles. The van der Waals surface area contributed by atoms with Gasteiger partial charge in [-0.25, -0.2) is 9.97 Å². The minimum Gasteiger partial charge on any atom is -0.356 e. The highest BCUT2D eigenvalue weighted by Gasteiger charge is 2.24. The summed E-state index contributed by atoms with van der Waals surface area (Å²) in [6.07, 6.45) is 2.42. The van der Waals surface area contributed by atoms with E-state index in [9.17, 15) is 9.59 Å². The predicted molar refractivity (Wildman–Crippen MR) is 136 cm³/mol. The van der Waals surface area contributed by atoms with E-state index >= 15 is 0 Å². The smallest absolute Gasteiger partial charge is 0.253 e. The minimum atomic E-state index is -0.0501. The van der Waals surface area contributed by atoms with Gasteiger partial charge in [-0.05, 0) is 30.5 Å². The normalized spacial score (nSPS) is 16.8. The van der Waals surface area contributed by atoms with Crippen LogP contribution in [-0.2, 0) is 16.0 Å². The van der Waals surface area contributed by atoms with Crippen LogP contribution < -0.4 is 4.90 Å². The maximum absolute atomic E-state index is 13.0. The lowest BCUT2D eigenvalue weighted by atomic mass is 9.92. The van der Waals surface area contributed by atoms with E-state index in [0.717, 1.165) is 35.3 Å². The number of hydrogen-bond donors (Lipinski definition) is 0. The Morgan fingerprint density at radius 2 is 1.62 bits per heavy atom. The topological polar surface area (TPSA) is 69.6 Å². The number of carbonyl (C=O) groups is 2. The fraction of sp³-hybridized carbons (Fsp3) is 0.538. The number of rotatable bonds is 5. The van der Waals surface area contributed by atoms with Gasteiger partial charge in [-0.3, -0.25) is 9.59 Å². The molecule has 2 fully saturated rings. The van der Waals surface area contributed by atoms with Crippen LogP contribution >= 0.6 is 11.8 Å². The number of carbonyl (C=O) groups excluding carboxylic acids is 2. The van der Waals surface area contributed by atoms with E-state index in [2.05, 4.69) is 31.7 Å². The lowest BCUT2D eigenvalue weighted by Gasteiger charge is -2.34. The molecule has 7 nitrogen and oxygen atoms in total. The Hall–Kier alpha value is -2.61. The van der Waals surface area contributed by atoms with E-state index in [0.29, 0.717) is 37.5 Å². The maximum atomic E-state index is 13.0. The molecule has 4 rings (SSSR count). The number of benzene rings is 1. The SMILES string of the molecule is CC(=O)N1CCN(C(=O)c2cccc(CSc3nc(N4CCCC4)cc(C(C)(C)C)n3)c2)CC1. The molecular formula is C26H35N5O2S. The van der Waals surface area contributed by atoms with Crippen molar-refractivity contribution in [2.24, 2.45) is 0 Å². The summed E-state index contributed by atoms with van der Waals surface area (Å²) in [5, 5.41) is 0.784. The van der Waals surface area contributed by atoms with Gasteiger partial charge in [0, 0.05) is 69.0 Å². The molecule has 2 aliphatic rings. The number of aromatic nitrogens is 2. The van der Waals surface area contributed by atoms with Crippen LogP contribution in [0.15, 0.2) is 35.5 Å². The van der Waals surface area contributed by atoms with Crippen LogP contribution in [-0.4, -0.2) is 70.9 Å². The predicted octanol–water partition coefficient (Wildman–Crippen LogP) is 3.97. The Morgan fingerprint density at radius 3 is 2.26 bits per heavy atom. The first-order valence-corrected chi connectivity index (χ1v) is 13.1. The van der Waals surface area contributed by atoms with E-state index in [4.69, 9.17) is 9.97 Å². The maximum Gasteiger partial charge on any atom is 0.253 e. The number of hydrogen-bond acceptors (Lipinski definition) is 6. The first-order valence-electron chi connectivity index (χ1n) is 12.1. The molecule has 0 unspecified atom stereocenters. The molecule has 0 N–H and O–H groups in total. The van der Waals surface area contributed by atoms with E-state index < -0.39 is 0 Å². The van der Waals surface area contributed by atoms with Gasteiger partial charge >= 0.3 is 0 Å². The van der Waals surface area contributed by atoms with Crippen molar-refractivity contribution in [1.29, 1.82) is 0 Å². The number of nitrogens with zero attached hydrogens (tertiary/aromatic N) is 5. The van der Waals surface area contributed by atoms with Crippen molar-refractivity contribution in [3.63, 3.8) is 0 Å². The van der Waals surface area contributed by atoms with Crippen molar-refractivity contribution in [2.45, 2.75) is 56.9 Å². The molecular weight excluding hydrogens is 446 g/mol. The first-order chi connectivity index (χ1) is 16.2. The molecule has 2 aromatic rings. The van der Waals surface area contributed by atoms with Gasteiger partial charge < -0.3 is 14.7 Å². The third-order valence-electron chi connectivity index (χ3n) is 6.44. The quantitative estimate of drug-likeness (QED) is 0.475. The Balaban J connectivity index is 1.45. The molecule has 182 valence electrons. The summed E-state index contributed by atoms with van der Waals surface area (Å²) in [5.41, 5.74) is 2.77. The first kappa shape index (κ1) is 24.5. The second-order valence-electron chi connectivity index (χ2n) is 10.1. The molecule has 0 bridgehead atoms. The summed E-state index contributed by atoms with van der Waals surface area (Å²) >= 11 is 1.62. The molecule has 34 heavy (non-hydrogen) atoms. The average molecular weight is 482 g/mol. The average Bonchev–Trinajstić information content (AvgIpc) is 3.37. The number of thioether (sulfide) groups is 1. The number of amides is 2. The largest absolute Gasteiger partial charge is 0.356 e. The van der Waals surface area contributed by atoms with Gasteiger partial charge in [0.1, 0.15) is 5.82 Å². The van der Waals surface area contributed by atoms with Gasteiger partial charge in [0.2, 0.25) is 5.91 Å². The van der Waals surface area contributed by atoms with Gasteiger partial charge in [-0.1, -0.05) is 44.7 Å². The minimum absolute atomic E-state index is 0.0253. The second kappa shape index (κ2) is 10.3. The van der Waals surface area contributed by atoms with Crippen LogP contribution in [0.1, 0.15) is 62.2 Å². The van der Waals surface area contributed by atoms with Crippen LogP contribution in [0.4, 0.5) is 5.82 Å². The van der Waals surface area contributed by atoms with E-state index in [1.165, 1.54) is 12.8 Å².